The molecular formula is C8H9NO6. The van der Waals surface area contributed by atoms with Gasteiger partial charge in [0.1, 0.15) is 6.42 Å². The van der Waals surface area contributed by atoms with E-state index in [0.717, 1.165) is 13.8 Å². The highest BCUT2D eigenvalue weighted by Gasteiger charge is 2.53. The molecule has 82 valence electrons. The minimum atomic E-state index is -2.13. The van der Waals surface area contributed by atoms with E-state index in [-0.39, 0.29) is 0 Å². The molecule has 0 aromatic carbocycles. The minimum Gasteiger partial charge on any atom is -0.413 e. The maximum absolute atomic E-state index is 11.3. The molecule has 0 saturated carbocycles. The van der Waals surface area contributed by atoms with E-state index in [0.29, 0.717) is 0 Å². The van der Waals surface area contributed by atoms with E-state index in [1.54, 1.807) is 0 Å². The average Bonchev–Trinajstić information content (AvgIpc) is 2.22. The molecule has 1 aliphatic heterocycles. The number of carbonyl (C=O) groups is 4. The number of esters is 2. The number of amides is 2. The molecule has 0 atom stereocenters. The van der Waals surface area contributed by atoms with Gasteiger partial charge in [0, 0.05) is 13.8 Å². The quantitative estimate of drug-likeness (QED) is 0.355. The van der Waals surface area contributed by atoms with E-state index in [1.807, 2.05) is 5.32 Å². The number of ether oxygens (including phenoxy) is 2. The van der Waals surface area contributed by atoms with Crippen LogP contribution in [-0.2, 0) is 28.7 Å². The first-order valence-electron chi connectivity index (χ1n) is 4.09. The maximum atomic E-state index is 11.3. The highest BCUT2D eigenvalue weighted by molar-refractivity contribution is 6.08. The third kappa shape index (κ3) is 2.30. The SMILES string of the molecule is CC(=O)OC1(OC(C)=O)CC(=O)NC1=O. The summed E-state index contributed by atoms with van der Waals surface area (Å²) < 4.78 is 9.15. The monoisotopic (exact) mass is 215 g/mol. The molecule has 15 heavy (non-hydrogen) atoms. The van der Waals surface area contributed by atoms with Crippen LogP contribution >= 0.6 is 0 Å². The second kappa shape index (κ2) is 3.68. The zero-order valence-electron chi connectivity index (χ0n) is 8.16. The highest BCUT2D eigenvalue weighted by Crippen LogP contribution is 2.24. The van der Waals surface area contributed by atoms with Crippen molar-refractivity contribution < 1.29 is 28.7 Å². The van der Waals surface area contributed by atoms with Gasteiger partial charge >= 0.3 is 23.6 Å². The fourth-order valence-electron chi connectivity index (χ4n) is 1.21. The molecule has 0 aliphatic carbocycles. The van der Waals surface area contributed by atoms with Gasteiger partial charge in [-0.05, 0) is 0 Å². The lowest BCUT2D eigenvalue weighted by atomic mass is 10.2. The Bertz CT molecular complexity index is 331. The van der Waals surface area contributed by atoms with Crippen molar-refractivity contribution in [3.8, 4) is 0 Å². The summed E-state index contributed by atoms with van der Waals surface area (Å²) in [6, 6.07) is 0. The summed E-state index contributed by atoms with van der Waals surface area (Å²) in [5, 5.41) is 1.89. The van der Waals surface area contributed by atoms with Gasteiger partial charge in [0.05, 0.1) is 0 Å². The molecule has 0 aromatic heterocycles. The van der Waals surface area contributed by atoms with Crippen LogP contribution < -0.4 is 5.32 Å². The lowest BCUT2D eigenvalue weighted by Gasteiger charge is -2.23. The predicted molar refractivity (Wildman–Crippen MR) is 44.0 cm³/mol. The summed E-state index contributed by atoms with van der Waals surface area (Å²) in [4.78, 5) is 43.7. The molecule has 7 heteroatoms. The summed E-state index contributed by atoms with van der Waals surface area (Å²) in [5.74, 6) is -5.38. The van der Waals surface area contributed by atoms with Crippen molar-refractivity contribution in [1.29, 1.82) is 0 Å². The molecule has 0 spiro atoms. The minimum absolute atomic E-state index is 0.509. The number of rotatable bonds is 2. The molecule has 1 saturated heterocycles. The molecule has 0 bridgehead atoms. The molecule has 1 N–H and O–H groups in total. The van der Waals surface area contributed by atoms with E-state index in [1.165, 1.54) is 0 Å². The largest absolute Gasteiger partial charge is 0.413 e. The smallest absolute Gasteiger partial charge is 0.345 e. The van der Waals surface area contributed by atoms with Gasteiger partial charge in [0.25, 0.3) is 0 Å². The van der Waals surface area contributed by atoms with Crippen molar-refractivity contribution in [2.45, 2.75) is 26.1 Å². The third-order valence-electron chi connectivity index (χ3n) is 1.61. The summed E-state index contributed by atoms with van der Waals surface area (Å²) in [6.07, 6.45) is -0.509. The highest BCUT2D eigenvalue weighted by atomic mass is 16.7. The van der Waals surface area contributed by atoms with E-state index in [2.05, 4.69) is 9.47 Å². The molecule has 1 aliphatic rings. The van der Waals surface area contributed by atoms with Crippen LogP contribution in [0, 0.1) is 0 Å². The van der Waals surface area contributed by atoms with E-state index >= 15 is 0 Å². The van der Waals surface area contributed by atoms with Gasteiger partial charge < -0.3 is 9.47 Å². The Morgan fingerprint density at radius 1 is 1.20 bits per heavy atom. The van der Waals surface area contributed by atoms with Crippen molar-refractivity contribution in [1.82, 2.24) is 5.32 Å². The first kappa shape index (κ1) is 11.2. The summed E-state index contributed by atoms with van der Waals surface area (Å²) >= 11 is 0. The average molecular weight is 215 g/mol. The number of carbonyl (C=O) groups excluding carboxylic acids is 4. The zero-order chi connectivity index (χ0) is 11.6. The Morgan fingerprint density at radius 3 is 1.93 bits per heavy atom. The normalized spacial score (nSPS) is 18.3. The Kier molecular flexibility index (Phi) is 2.74. The standard InChI is InChI=1S/C8H9NO6/c1-4(10)14-8(15-5(2)11)3-6(12)9-7(8)13/h3H2,1-2H3,(H,9,12,13). The van der Waals surface area contributed by atoms with E-state index in [9.17, 15) is 19.2 Å². The Morgan fingerprint density at radius 2 is 1.67 bits per heavy atom. The van der Waals surface area contributed by atoms with Crippen LogP contribution in [0.15, 0.2) is 0 Å². The molecule has 1 heterocycles. The number of imide groups is 1. The van der Waals surface area contributed by atoms with Crippen LogP contribution in [0.5, 0.6) is 0 Å². The van der Waals surface area contributed by atoms with Crippen LogP contribution in [0.25, 0.3) is 0 Å². The van der Waals surface area contributed by atoms with Gasteiger partial charge in [-0.2, -0.15) is 0 Å². The van der Waals surface area contributed by atoms with Gasteiger partial charge in [-0.15, -0.1) is 0 Å². The second-order valence-corrected chi connectivity index (χ2v) is 2.99. The molecule has 1 fully saturated rings. The second-order valence-electron chi connectivity index (χ2n) is 2.99. The lowest BCUT2D eigenvalue weighted by molar-refractivity contribution is -0.220. The van der Waals surface area contributed by atoms with Crippen molar-refractivity contribution in [3.63, 3.8) is 0 Å². The zero-order valence-corrected chi connectivity index (χ0v) is 8.16. The van der Waals surface area contributed by atoms with E-state index < -0.39 is 36.0 Å². The van der Waals surface area contributed by atoms with Crippen LogP contribution in [0.4, 0.5) is 0 Å². The van der Waals surface area contributed by atoms with Gasteiger partial charge in [-0.3, -0.25) is 24.5 Å². The molecule has 7 nitrogen and oxygen atoms in total. The van der Waals surface area contributed by atoms with Gasteiger partial charge in [0.2, 0.25) is 5.91 Å². The molecule has 0 unspecified atom stereocenters. The van der Waals surface area contributed by atoms with Crippen LogP contribution in [-0.4, -0.2) is 29.5 Å². The molecule has 0 radical (unpaired) electrons. The van der Waals surface area contributed by atoms with Crippen LogP contribution in [0.2, 0.25) is 0 Å². The summed E-state index contributed by atoms with van der Waals surface area (Å²) in [6.45, 7) is 2.09. The molecular weight excluding hydrogens is 206 g/mol. The maximum Gasteiger partial charge on any atom is 0.345 e. The van der Waals surface area contributed by atoms with Crippen LogP contribution in [0.3, 0.4) is 0 Å². The van der Waals surface area contributed by atoms with Crippen LogP contribution in [0.1, 0.15) is 20.3 Å². The molecule has 1 rings (SSSR count). The summed E-state index contributed by atoms with van der Waals surface area (Å²) in [5.41, 5.74) is 0. The number of hydrogen-bond donors (Lipinski definition) is 1. The van der Waals surface area contributed by atoms with Crippen molar-refractivity contribution >= 4 is 23.8 Å². The third-order valence-corrected chi connectivity index (χ3v) is 1.61. The van der Waals surface area contributed by atoms with E-state index in [4.69, 9.17) is 0 Å². The topological polar surface area (TPSA) is 98.8 Å². The fourth-order valence-corrected chi connectivity index (χ4v) is 1.21. The molecule has 0 aromatic rings. The van der Waals surface area contributed by atoms with Crippen molar-refractivity contribution in [3.05, 3.63) is 0 Å². The van der Waals surface area contributed by atoms with Crippen molar-refractivity contribution in [2.24, 2.45) is 0 Å². The molecule has 2 amide bonds. The Labute approximate surface area is 84.7 Å². The van der Waals surface area contributed by atoms with Gasteiger partial charge in [-0.1, -0.05) is 0 Å². The number of hydrogen-bond acceptors (Lipinski definition) is 6. The predicted octanol–water partition coefficient (Wildman–Crippen LogP) is -1.14. The first-order chi connectivity index (χ1) is 6.85. The lowest BCUT2D eigenvalue weighted by Crippen LogP contribution is -2.45. The Balaban J connectivity index is 2.95. The first-order valence-corrected chi connectivity index (χ1v) is 4.09. The van der Waals surface area contributed by atoms with Gasteiger partial charge in [-0.25, -0.2) is 0 Å². The van der Waals surface area contributed by atoms with Crippen molar-refractivity contribution in [2.75, 3.05) is 0 Å². The fraction of sp³-hybridized carbons (Fsp3) is 0.500. The Hall–Kier alpha value is -1.92. The number of nitrogens with one attached hydrogen (secondary N) is 1. The summed E-state index contributed by atoms with van der Waals surface area (Å²) in [7, 11) is 0. The van der Waals surface area contributed by atoms with Gasteiger partial charge in [0.15, 0.2) is 0 Å².